The van der Waals surface area contributed by atoms with E-state index in [4.69, 9.17) is 11.6 Å². The molecule has 0 aliphatic rings. The smallest absolute Gasteiger partial charge is 0.255 e. The SMILES string of the molecule is Cc1ccc(F)c(NC(=O)c2ccc(Cl)c(Br)c2)c1F. The lowest BCUT2D eigenvalue weighted by Gasteiger charge is -2.09. The second kappa shape index (κ2) is 5.89. The molecule has 2 aromatic rings. The number of halogens is 4. The van der Waals surface area contributed by atoms with E-state index in [2.05, 4.69) is 21.2 Å². The topological polar surface area (TPSA) is 29.1 Å². The minimum absolute atomic E-state index is 0.238. The summed E-state index contributed by atoms with van der Waals surface area (Å²) in [5.41, 5.74) is 0.0293. The molecule has 0 aliphatic carbocycles. The zero-order chi connectivity index (χ0) is 14.9. The van der Waals surface area contributed by atoms with Gasteiger partial charge in [-0.25, -0.2) is 8.78 Å². The van der Waals surface area contributed by atoms with Crippen molar-refractivity contribution in [2.24, 2.45) is 0 Å². The van der Waals surface area contributed by atoms with Gasteiger partial charge in [-0.2, -0.15) is 0 Å². The molecule has 0 radical (unpaired) electrons. The third-order valence-corrected chi connectivity index (χ3v) is 3.92. The molecule has 0 heterocycles. The minimum Gasteiger partial charge on any atom is -0.317 e. The maximum atomic E-state index is 13.8. The number of amides is 1. The van der Waals surface area contributed by atoms with Crippen LogP contribution in [-0.4, -0.2) is 5.91 Å². The van der Waals surface area contributed by atoms with Crippen molar-refractivity contribution >= 4 is 39.1 Å². The summed E-state index contributed by atoms with van der Waals surface area (Å²) in [5.74, 6) is -2.23. The fraction of sp³-hybridized carbons (Fsp3) is 0.0714. The van der Waals surface area contributed by atoms with Crippen molar-refractivity contribution in [1.29, 1.82) is 0 Å². The Morgan fingerprint density at radius 3 is 2.60 bits per heavy atom. The van der Waals surface area contributed by atoms with Crippen LogP contribution in [0.5, 0.6) is 0 Å². The quantitative estimate of drug-likeness (QED) is 0.807. The van der Waals surface area contributed by atoms with Gasteiger partial charge in [0.05, 0.1) is 5.02 Å². The van der Waals surface area contributed by atoms with Gasteiger partial charge in [-0.1, -0.05) is 17.7 Å². The van der Waals surface area contributed by atoms with Crippen LogP contribution in [0.1, 0.15) is 15.9 Å². The van der Waals surface area contributed by atoms with E-state index in [9.17, 15) is 13.6 Å². The van der Waals surface area contributed by atoms with Gasteiger partial charge in [0.15, 0.2) is 5.82 Å². The van der Waals surface area contributed by atoms with Crippen LogP contribution in [0.15, 0.2) is 34.8 Å². The van der Waals surface area contributed by atoms with Crippen LogP contribution in [0.4, 0.5) is 14.5 Å². The lowest BCUT2D eigenvalue weighted by molar-refractivity contribution is 0.102. The molecule has 2 aromatic carbocycles. The largest absolute Gasteiger partial charge is 0.317 e. The minimum atomic E-state index is -0.825. The Labute approximate surface area is 127 Å². The van der Waals surface area contributed by atoms with Gasteiger partial charge in [-0.3, -0.25) is 4.79 Å². The number of hydrogen-bond acceptors (Lipinski definition) is 1. The predicted octanol–water partition coefficient (Wildman–Crippen LogP) is 4.94. The highest BCUT2D eigenvalue weighted by molar-refractivity contribution is 9.10. The van der Waals surface area contributed by atoms with E-state index >= 15 is 0 Å². The van der Waals surface area contributed by atoms with Crippen LogP contribution in [0, 0.1) is 18.6 Å². The van der Waals surface area contributed by atoms with Gasteiger partial charge in [0, 0.05) is 10.0 Å². The predicted molar refractivity (Wildman–Crippen MR) is 78.2 cm³/mol. The van der Waals surface area contributed by atoms with Crippen LogP contribution in [-0.2, 0) is 0 Å². The van der Waals surface area contributed by atoms with Crippen molar-refractivity contribution in [3.8, 4) is 0 Å². The Hall–Kier alpha value is -1.46. The van der Waals surface area contributed by atoms with Gasteiger partial charge < -0.3 is 5.32 Å². The van der Waals surface area contributed by atoms with Gasteiger partial charge in [0.2, 0.25) is 0 Å². The van der Waals surface area contributed by atoms with E-state index in [1.54, 1.807) is 0 Å². The Kier molecular flexibility index (Phi) is 4.40. The second-order valence-electron chi connectivity index (χ2n) is 4.14. The van der Waals surface area contributed by atoms with E-state index < -0.39 is 23.2 Å². The number of hydrogen-bond donors (Lipinski definition) is 1. The third-order valence-electron chi connectivity index (χ3n) is 2.70. The van der Waals surface area contributed by atoms with Crippen LogP contribution in [0.3, 0.4) is 0 Å². The monoisotopic (exact) mass is 359 g/mol. The molecule has 1 N–H and O–H groups in total. The van der Waals surface area contributed by atoms with Gasteiger partial charge in [0.1, 0.15) is 11.5 Å². The van der Waals surface area contributed by atoms with Gasteiger partial charge in [-0.05, 0) is 52.7 Å². The Morgan fingerprint density at radius 1 is 1.25 bits per heavy atom. The molecule has 104 valence electrons. The molecule has 0 spiro atoms. The van der Waals surface area contributed by atoms with Crippen LogP contribution < -0.4 is 5.32 Å². The van der Waals surface area contributed by atoms with E-state index in [0.717, 1.165) is 6.07 Å². The number of carbonyl (C=O) groups is 1. The highest BCUT2D eigenvalue weighted by Gasteiger charge is 2.16. The van der Waals surface area contributed by atoms with Crippen LogP contribution in [0.2, 0.25) is 5.02 Å². The number of rotatable bonds is 2. The molecule has 0 saturated heterocycles. The van der Waals surface area contributed by atoms with E-state index in [1.807, 2.05) is 0 Å². The first kappa shape index (κ1) is 14.9. The second-order valence-corrected chi connectivity index (χ2v) is 5.40. The third kappa shape index (κ3) is 2.99. The number of nitrogens with one attached hydrogen (secondary N) is 1. The summed E-state index contributed by atoms with van der Waals surface area (Å²) in [4.78, 5) is 12.0. The molecular weight excluding hydrogens is 352 g/mol. The zero-order valence-electron chi connectivity index (χ0n) is 10.3. The Morgan fingerprint density at radius 2 is 1.95 bits per heavy atom. The molecule has 6 heteroatoms. The zero-order valence-corrected chi connectivity index (χ0v) is 12.6. The lowest BCUT2D eigenvalue weighted by Crippen LogP contribution is -2.14. The lowest BCUT2D eigenvalue weighted by atomic mass is 10.1. The normalized spacial score (nSPS) is 10.4. The summed E-state index contributed by atoms with van der Waals surface area (Å²) in [7, 11) is 0. The molecule has 2 rings (SSSR count). The summed E-state index contributed by atoms with van der Waals surface area (Å²) in [6.07, 6.45) is 0. The van der Waals surface area contributed by atoms with Crippen molar-refractivity contribution in [1.82, 2.24) is 0 Å². The molecule has 0 saturated carbocycles. The first-order valence-corrected chi connectivity index (χ1v) is 6.78. The molecule has 0 unspecified atom stereocenters. The standard InChI is InChI=1S/C14H9BrClF2NO/c1-7-2-5-11(17)13(12(7)18)19-14(20)8-3-4-10(16)9(15)6-8/h2-6H,1H3,(H,19,20). The van der Waals surface area contributed by atoms with E-state index in [-0.39, 0.29) is 11.1 Å². The molecular formula is C14H9BrClF2NO. The molecule has 1 amide bonds. The molecule has 2 nitrogen and oxygen atoms in total. The number of carbonyl (C=O) groups excluding carboxylic acids is 1. The molecule has 0 bridgehead atoms. The van der Waals surface area contributed by atoms with Crippen molar-refractivity contribution < 1.29 is 13.6 Å². The van der Waals surface area contributed by atoms with E-state index in [1.165, 1.54) is 31.2 Å². The summed E-state index contributed by atoms with van der Waals surface area (Å²) >= 11 is 9.00. The summed E-state index contributed by atoms with van der Waals surface area (Å²) in [6.45, 7) is 1.49. The Bertz CT molecular complexity index is 691. The van der Waals surface area contributed by atoms with Gasteiger partial charge in [-0.15, -0.1) is 0 Å². The summed E-state index contributed by atoms with van der Waals surface area (Å²) in [5, 5.41) is 2.67. The Balaban J connectivity index is 2.32. The highest BCUT2D eigenvalue weighted by atomic mass is 79.9. The fourth-order valence-electron chi connectivity index (χ4n) is 1.59. The maximum Gasteiger partial charge on any atom is 0.255 e. The van der Waals surface area contributed by atoms with Gasteiger partial charge in [0.25, 0.3) is 5.91 Å². The molecule has 0 fully saturated rings. The molecule has 0 aliphatic heterocycles. The van der Waals surface area contributed by atoms with Crippen molar-refractivity contribution in [3.63, 3.8) is 0 Å². The average molecular weight is 361 g/mol. The number of aryl methyl sites for hydroxylation is 1. The first-order valence-electron chi connectivity index (χ1n) is 5.61. The van der Waals surface area contributed by atoms with Gasteiger partial charge >= 0.3 is 0 Å². The number of anilines is 1. The molecule has 20 heavy (non-hydrogen) atoms. The number of benzene rings is 2. The van der Waals surface area contributed by atoms with Crippen molar-refractivity contribution in [3.05, 3.63) is 62.6 Å². The van der Waals surface area contributed by atoms with E-state index in [0.29, 0.717) is 9.50 Å². The van der Waals surface area contributed by atoms with Crippen molar-refractivity contribution in [2.45, 2.75) is 6.92 Å². The highest BCUT2D eigenvalue weighted by Crippen LogP contribution is 2.25. The maximum absolute atomic E-state index is 13.8. The average Bonchev–Trinajstić information content (AvgIpc) is 2.42. The van der Waals surface area contributed by atoms with Crippen LogP contribution >= 0.6 is 27.5 Å². The summed E-state index contributed by atoms with van der Waals surface area (Å²) < 4.78 is 27.9. The summed E-state index contributed by atoms with van der Waals surface area (Å²) in [6, 6.07) is 6.87. The van der Waals surface area contributed by atoms with Crippen LogP contribution in [0.25, 0.3) is 0 Å². The van der Waals surface area contributed by atoms with Crippen molar-refractivity contribution in [2.75, 3.05) is 5.32 Å². The first-order chi connectivity index (χ1) is 9.40. The molecule has 0 atom stereocenters. The fourth-order valence-corrected chi connectivity index (χ4v) is 2.09. The molecule has 0 aromatic heterocycles.